The molecule has 0 aliphatic carbocycles. The van der Waals surface area contributed by atoms with Crippen molar-refractivity contribution in [3.8, 4) is 0 Å². The zero-order valence-electron chi connectivity index (χ0n) is 10.3. The maximum Gasteiger partial charge on any atom is 0.361 e. The third kappa shape index (κ3) is 3.06. The number of nitrogens with two attached hydrogens (primary N) is 1. The number of esters is 1. The molecular formula is C12H13FN4O2. The molecule has 19 heavy (non-hydrogen) atoms. The van der Waals surface area contributed by atoms with Crippen LogP contribution in [0.3, 0.4) is 0 Å². The standard InChI is InChI=1S/C12H13FN4O2/c1-2-19-12(18)11-10(14)7-17(16-11)6-8-3-9(13)5-15-4-8/h3-5,7H,2,6,14H2,1H3. The van der Waals surface area contributed by atoms with E-state index in [0.717, 1.165) is 6.20 Å². The van der Waals surface area contributed by atoms with Crippen LogP contribution in [0.25, 0.3) is 0 Å². The van der Waals surface area contributed by atoms with Crippen LogP contribution in [0.15, 0.2) is 24.7 Å². The van der Waals surface area contributed by atoms with E-state index in [1.165, 1.54) is 23.1 Å². The fourth-order valence-corrected chi connectivity index (χ4v) is 1.61. The van der Waals surface area contributed by atoms with Crippen LogP contribution < -0.4 is 5.73 Å². The SMILES string of the molecule is CCOC(=O)c1nn(Cc2cncc(F)c2)cc1N. The highest BCUT2D eigenvalue weighted by molar-refractivity contribution is 5.92. The Hall–Kier alpha value is -2.44. The lowest BCUT2D eigenvalue weighted by Crippen LogP contribution is -2.09. The zero-order chi connectivity index (χ0) is 13.8. The van der Waals surface area contributed by atoms with Gasteiger partial charge in [-0.2, -0.15) is 5.10 Å². The summed E-state index contributed by atoms with van der Waals surface area (Å²) in [4.78, 5) is 15.3. The molecule has 0 saturated heterocycles. The molecule has 0 saturated carbocycles. The molecule has 0 aromatic carbocycles. The summed E-state index contributed by atoms with van der Waals surface area (Å²) < 4.78 is 19.3. The molecule has 6 nitrogen and oxygen atoms in total. The van der Waals surface area contributed by atoms with Gasteiger partial charge in [0.25, 0.3) is 0 Å². The van der Waals surface area contributed by atoms with E-state index in [4.69, 9.17) is 10.5 Å². The Morgan fingerprint density at radius 1 is 1.53 bits per heavy atom. The van der Waals surface area contributed by atoms with Gasteiger partial charge in [0.05, 0.1) is 25.0 Å². The molecule has 0 atom stereocenters. The molecule has 0 fully saturated rings. The van der Waals surface area contributed by atoms with Crippen molar-refractivity contribution >= 4 is 11.7 Å². The zero-order valence-corrected chi connectivity index (χ0v) is 10.3. The van der Waals surface area contributed by atoms with Crippen LogP contribution >= 0.6 is 0 Å². The van der Waals surface area contributed by atoms with Crippen LogP contribution in [-0.4, -0.2) is 27.3 Å². The highest BCUT2D eigenvalue weighted by Crippen LogP contribution is 2.12. The summed E-state index contributed by atoms with van der Waals surface area (Å²) in [6, 6.07) is 1.34. The van der Waals surface area contributed by atoms with E-state index in [1.54, 1.807) is 6.92 Å². The quantitative estimate of drug-likeness (QED) is 0.839. The Morgan fingerprint density at radius 3 is 3.00 bits per heavy atom. The maximum atomic E-state index is 13.0. The first-order valence-corrected chi connectivity index (χ1v) is 5.69. The second kappa shape index (κ2) is 5.47. The number of carbonyl (C=O) groups is 1. The van der Waals surface area contributed by atoms with Gasteiger partial charge in [-0.15, -0.1) is 0 Å². The monoisotopic (exact) mass is 264 g/mol. The summed E-state index contributed by atoms with van der Waals surface area (Å²) in [7, 11) is 0. The predicted molar refractivity (Wildman–Crippen MR) is 65.9 cm³/mol. The lowest BCUT2D eigenvalue weighted by molar-refractivity contribution is 0.0519. The molecule has 2 aromatic rings. The fourth-order valence-electron chi connectivity index (χ4n) is 1.61. The van der Waals surface area contributed by atoms with Gasteiger partial charge in [-0.3, -0.25) is 9.67 Å². The Balaban J connectivity index is 2.18. The third-order valence-corrected chi connectivity index (χ3v) is 2.36. The minimum atomic E-state index is -0.573. The van der Waals surface area contributed by atoms with E-state index in [0.29, 0.717) is 5.56 Å². The largest absolute Gasteiger partial charge is 0.461 e. The number of anilines is 1. The van der Waals surface area contributed by atoms with Crippen LogP contribution in [0.4, 0.5) is 10.1 Å². The molecule has 0 aliphatic heterocycles. The molecule has 0 bridgehead atoms. The molecule has 2 aromatic heterocycles. The minimum Gasteiger partial charge on any atom is -0.461 e. The molecule has 2 N–H and O–H groups in total. The molecule has 0 unspecified atom stereocenters. The Morgan fingerprint density at radius 2 is 2.32 bits per heavy atom. The van der Waals surface area contributed by atoms with Gasteiger partial charge in [0.1, 0.15) is 5.82 Å². The topological polar surface area (TPSA) is 83.0 Å². The van der Waals surface area contributed by atoms with Crippen molar-refractivity contribution in [2.45, 2.75) is 13.5 Å². The first-order valence-electron chi connectivity index (χ1n) is 5.69. The number of hydrogen-bond donors (Lipinski definition) is 1. The summed E-state index contributed by atoms with van der Waals surface area (Å²) in [6.45, 7) is 2.22. The van der Waals surface area contributed by atoms with Gasteiger partial charge in [-0.1, -0.05) is 0 Å². The number of nitrogen functional groups attached to an aromatic ring is 1. The van der Waals surface area contributed by atoms with Crippen molar-refractivity contribution in [3.63, 3.8) is 0 Å². The second-order valence-corrected chi connectivity index (χ2v) is 3.86. The third-order valence-electron chi connectivity index (χ3n) is 2.36. The molecule has 100 valence electrons. The Kier molecular flexibility index (Phi) is 3.74. The lowest BCUT2D eigenvalue weighted by atomic mass is 10.3. The fraction of sp³-hybridized carbons (Fsp3) is 0.250. The summed E-state index contributed by atoms with van der Waals surface area (Å²) in [6.07, 6.45) is 4.13. The van der Waals surface area contributed by atoms with Crippen molar-refractivity contribution in [1.29, 1.82) is 0 Å². The van der Waals surface area contributed by atoms with Gasteiger partial charge >= 0.3 is 5.97 Å². The van der Waals surface area contributed by atoms with E-state index >= 15 is 0 Å². The summed E-state index contributed by atoms with van der Waals surface area (Å²) in [5, 5.41) is 4.02. The smallest absolute Gasteiger partial charge is 0.361 e. The van der Waals surface area contributed by atoms with Crippen molar-refractivity contribution in [2.24, 2.45) is 0 Å². The highest BCUT2D eigenvalue weighted by atomic mass is 19.1. The van der Waals surface area contributed by atoms with E-state index in [2.05, 4.69) is 10.1 Å². The van der Waals surface area contributed by atoms with Crippen molar-refractivity contribution < 1.29 is 13.9 Å². The summed E-state index contributed by atoms with van der Waals surface area (Å²) >= 11 is 0. The summed E-state index contributed by atoms with van der Waals surface area (Å²) in [5.41, 5.74) is 6.59. The van der Waals surface area contributed by atoms with Crippen LogP contribution in [0.5, 0.6) is 0 Å². The average molecular weight is 264 g/mol. The predicted octanol–water partition coefficient (Wildman–Crippen LogP) is 1.22. The van der Waals surface area contributed by atoms with E-state index in [-0.39, 0.29) is 24.5 Å². The van der Waals surface area contributed by atoms with Gasteiger partial charge in [-0.25, -0.2) is 9.18 Å². The van der Waals surface area contributed by atoms with Gasteiger partial charge in [-0.05, 0) is 18.6 Å². The second-order valence-electron chi connectivity index (χ2n) is 3.86. The van der Waals surface area contributed by atoms with Crippen LogP contribution in [-0.2, 0) is 11.3 Å². The van der Waals surface area contributed by atoms with Gasteiger partial charge in [0, 0.05) is 12.4 Å². The molecule has 0 radical (unpaired) electrons. The number of pyridine rings is 1. The number of ether oxygens (including phenoxy) is 1. The Labute approximate surface area is 109 Å². The van der Waals surface area contributed by atoms with Gasteiger partial charge < -0.3 is 10.5 Å². The number of nitrogens with zero attached hydrogens (tertiary/aromatic N) is 3. The number of rotatable bonds is 4. The van der Waals surface area contributed by atoms with E-state index in [9.17, 15) is 9.18 Å². The molecule has 2 heterocycles. The molecule has 0 spiro atoms. The van der Waals surface area contributed by atoms with Crippen molar-refractivity contribution in [1.82, 2.24) is 14.8 Å². The average Bonchev–Trinajstić information content (AvgIpc) is 2.70. The maximum absolute atomic E-state index is 13.0. The van der Waals surface area contributed by atoms with E-state index in [1.807, 2.05) is 0 Å². The molecular weight excluding hydrogens is 251 g/mol. The molecule has 2 rings (SSSR count). The first kappa shape index (κ1) is 13.0. The minimum absolute atomic E-state index is 0.0613. The summed E-state index contributed by atoms with van der Waals surface area (Å²) in [5.74, 6) is -1.00. The van der Waals surface area contributed by atoms with Crippen LogP contribution in [0.1, 0.15) is 23.0 Å². The molecule has 0 amide bonds. The normalized spacial score (nSPS) is 10.4. The number of carbonyl (C=O) groups excluding carboxylic acids is 1. The van der Waals surface area contributed by atoms with Gasteiger partial charge in [0.2, 0.25) is 0 Å². The first-order chi connectivity index (χ1) is 9.10. The van der Waals surface area contributed by atoms with Crippen molar-refractivity contribution in [2.75, 3.05) is 12.3 Å². The number of hydrogen-bond acceptors (Lipinski definition) is 5. The van der Waals surface area contributed by atoms with Gasteiger partial charge in [0.15, 0.2) is 5.69 Å². The van der Waals surface area contributed by atoms with Crippen LogP contribution in [0, 0.1) is 5.82 Å². The molecule has 0 aliphatic rings. The van der Waals surface area contributed by atoms with Crippen molar-refractivity contribution in [3.05, 3.63) is 41.7 Å². The lowest BCUT2D eigenvalue weighted by Gasteiger charge is -2.01. The van der Waals surface area contributed by atoms with E-state index < -0.39 is 11.8 Å². The molecule has 7 heteroatoms. The van der Waals surface area contributed by atoms with Crippen LogP contribution in [0.2, 0.25) is 0 Å². The highest BCUT2D eigenvalue weighted by Gasteiger charge is 2.16. The number of halogens is 1. The Bertz CT molecular complexity index is 597. The number of aromatic nitrogens is 3.